The van der Waals surface area contributed by atoms with Gasteiger partial charge < -0.3 is 10.5 Å². The van der Waals surface area contributed by atoms with Crippen molar-refractivity contribution < 1.29 is 5.11 Å². The largest absolute Gasteiger partial charge is 0.862 e. The molecule has 1 saturated heterocycles. The topological polar surface area (TPSA) is 50.1 Å². The molecule has 1 N–H and O–H groups in total. The molecule has 1 unspecified atom stereocenters. The molecule has 1 aliphatic carbocycles. The van der Waals surface area contributed by atoms with Crippen molar-refractivity contribution in [3.8, 4) is 0 Å². The summed E-state index contributed by atoms with van der Waals surface area (Å²) in [5.74, 6) is -0.347. The van der Waals surface area contributed by atoms with Crippen molar-refractivity contribution in [2.45, 2.75) is 44.6 Å². The van der Waals surface area contributed by atoms with Gasteiger partial charge in [0.15, 0.2) is 0 Å². The van der Waals surface area contributed by atoms with Gasteiger partial charge in [0, 0.05) is 18.5 Å². The molecule has 0 spiro atoms. The monoisotopic (exact) mass is 195 g/mol. The first kappa shape index (κ1) is 9.97. The summed E-state index contributed by atoms with van der Waals surface area (Å²) in [6.45, 7) is 1.90. The van der Waals surface area contributed by atoms with Gasteiger partial charge in [-0.3, -0.25) is 4.90 Å². The number of rotatable bonds is 2. The molecule has 2 aliphatic rings. The van der Waals surface area contributed by atoms with Gasteiger partial charge in [-0.2, -0.15) is 0 Å². The fraction of sp³-hybridized carbons (Fsp3) is 0.909. The zero-order valence-corrected chi connectivity index (χ0v) is 8.67. The Morgan fingerprint density at radius 2 is 1.86 bits per heavy atom. The van der Waals surface area contributed by atoms with E-state index in [9.17, 15) is 5.11 Å². The van der Waals surface area contributed by atoms with Crippen LogP contribution in [0.4, 0.5) is 0 Å². The third-order valence-corrected chi connectivity index (χ3v) is 3.68. The molecule has 80 valence electrons. The van der Waals surface area contributed by atoms with Crippen LogP contribution in [0.3, 0.4) is 0 Å². The van der Waals surface area contributed by atoms with Gasteiger partial charge in [0.1, 0.15) is 0 Å². The molecule has 0 aromatic carbocycles. The van der Waals surface area contributed by atoms with E-state index in [1.807, 2.05) is 0 Å². The van der Waals surface area contributed by atoms with Crippen molar-refractivity contribution in [1.29, 1.82) is 5.41 Å². The van der Waals surface area contributed by atoms with Crippen molar-refractivity contribution >= 4 is 5.90 Å². The van der Waals surface area contributed by atoms with Crippen LogP contribution in [-0.4, -0.2) is 29.9 Å². The van der Waals surface area contributed by atoms with Gasteiger partial charge in [0.2, 0.25) is 0 Å². The fourth-order valence-corrected chi connectivity index (χ4v) is 2.78. The van der Waals surface area contributed by atoms with E-state index in [1.54, 1.807) is 0 Å². The second-order valence-corrected chi connectivity index (χ2v) is 4.64. The van der Waals surface area contributed by atoms with Gasteiger partial charge >= 0.3 is 0 Å². The predicted molar refractivity (Wildman–Crippen MR) is 54.3 cm³/mol. The van der Waals surface area contributed by atoms with Crippen LogP contribution in [0.1, 0.15) is 38.5 Å². The summed E-state index contributed by atoms with van der Waals surface area (Å²) in [5, 5.41) is 18.0. The minimum Gasteiger partial charge on any atom is -0.862 e. The average molecular weight is 195 g/mol. The maximum absolute atomic E-state index is 10.9. The molecule has 0 amide bonds. The highest BCUT2D eigenvalue weighted by Gasteiger charge is 2.28. The van der Waals surface area contributed by atoms with Gasteiger partial charge in [-0.1, -0.05) is 19.3 Å². The molecule has 0 aromatic rings. The standard InChI is InChI=1S/C11H20N2O/c12-11(14)9-6-7-13(8-9)10-4-2-1-3-5-10/h9-10H,1-8H2,(H2,12,14)/p-1. The quantitative estimate of drug-likeness (QED) is 0.527. The molecule has 1 aliphatic heterocycles. The van der Waals surface area contributed by atoms with E-state index >= 15 is 0 Å². The van der Waals surface area contributed by atoms with E-state index in [2.05, 4.69) is 4.90 Å². The van der Waals surface area contributed by atoms with Crippen molar-refractivity contribution in [3.05, 3.63) is 0 Å². The lowest BCUT2D eigenvalue weighted by molar-refractivity contribution is -0.225. The highest BCUT2D eigenvalue weighted by Crippen LogP contribution is 2.27. The molecular weight excluding hydrogens is 176 g/mol. The lowest BCUT2D eigenvalue weighted by Gasteiger charge is -2.31. The van der Waals surface area contributed by atoms with Crippen molar-refractivity contribution in [1.82, 2.24) is 4.90 Å². The van der Waals surface area contributed by atoms with Crippen molar-refractivity contribution in [3.63, 3.8) is 0 Å². The normalized spacial score (nSPS) is 30.7. The zero-order chi connectivity index (χ0) is 9.97. The number of nitrogens with zero attached hydrogens (tertiary/aromatic N) is 1. The minimum atomic E-state index is -0.358. The van der Waals surface area contributed by atoms with E-state index in [1.165, 1.54) is 32.1 Å². The van der Waals surface area contributed by atoms with E-state index < -0.39 is 0 Å². The van der Waals surface area contributed by atoms with Crippen LogP contribution in [0.5, 0.6) is 0 Å². The van der Waals surface area contributed by atoms with E-state index in [-0.39, 0.29) is 11.8 Å². The maximum atomic E-state index is 10.9. The Balaban J connectivity index is 1.85. The summed E-state index contributed by atoms with van der Waals surface area (Å²) in [6, 6.07) is 0.716. The Kier molecular flexibility index (Phi) is 3.06. The van der Waals surface area contributed by atoms with E-state index in [4.69, 9.17) is 5.41 Å². The van der Waals surface area contributed by atoms with Gasteiger partial charge in [0.25, 0.3) is 0 Å². The Morgan fingerprint density at radius 1 is 1.14 bits per heavy atom. The molecule has 2 rings (SSSR count). The first-order valence-electron chi connectivity index (χ1n) is 5.77. The Labute approximate surface area is 85.6 Å². The summed E-state index contributed by atoms with van der Waals surface area (Å²) in [7, 11) is 0. The molecule has 1 atom stereocenters. The smallest absolute Gasteiger partial charge is 0.00955 e. The summed E-state index contributed by atoms with van der Waals surface area (Å²) in [6.07, 6.45) is 7.60. The fourth-order valence-electron chi connectivity index (χ4n) is 2.78. The lowest BCUT2D eigenvalue weighted by atomic mass is 9.94. The SMILES string of the molecule is N=C([O-])C1CCN(C2CCCCC2)C1. The molecule has 0 aromatic heterocycles. The second kappa shape index (κ2) is 4.30. The molecule has 3 nitrogen and oxygen atoms in total. The Bertz CT molecular complexity index is 211. The lowest BCUT2D eigenvalue weighted by Crippen LogP contribution is -2.36. The summed E-state index contributed by atoms with van der Waals surface area (Å²) in [5.41, 5.74) is 0. The van der Waals surface area contributed by atoms with Crippen LogP contribution in [0.25, 0.3) is 0 Å². The summed E-state index contributed by atoms with van der Waals surface area (Å²) >= 11 is 0. The van der Waals surface area contributed by atoms with Crippen LogP contribution in [0, 0.1) is 11.3 Å². The van der Waals surface area contributed by atoms with Crippen LogP contribution >= 0.6 is 0 Å². The maximum Gasteiger partial charge on any atom is 0.00955 e. The molecule has 1 saturated carbocycles. The Hall–Kier alpha value is -0.570. The second-order valence-electron chi connectivity index (χ2n) is 4.64. The Morgan fingerprint density at radius 3 is 2.43 bits per heavy atom. The average Bonchev–Trinajstić information content (AvgIpc) is 2.68. The summed E-state index contributed by atoms with van der Waals surface area (Å²) < 4.78 is 0. The number of hydrogen-bond acceptors (Lipinski definition) is 3. The van der Waals surface area contributed by atoms with Gasteiger partial charge in [0.05, 0.1) is 0 Å². The first-order chi connectivity index (χ1) is 6.77. The third kappa shape index (κ3) is 2.08. The molecule has 3 heteroatoms. The predicted octanol–water partition coefficient (Wildman–Crippen LogP) is 0.979. The van der Waals surface area contributed by atoms with Crippen LogP contribution in [0.2, 0.25) is 0 Å². The van der Waals surface area contributed by atoms with Crippen LogP contribution in [-0.2, 0) is 0 Å². The molecule has 0 radical (unpaired) electrons. The zero-order valence-electron chi connectivity index (χ0n) is 8.67. The molecular formula is C11H19N2O-. The molecule has 2 fully saturated rings. The number of nitrogens with one attached hydrogen (secondary N) is 1. The van der Waals surface area contributed by atoms with Gasteiger partial charge in [-0.15, -0.1) is 0 Å². The highest BCUT2D eigenvalue weighted by molar-refractivity contribution is 5.71. The van der Waals surface area contributed by atoms with Crippen molar-refractivity contribution in [2.75, 3.05) is 13.1 Å². The van der Waals surface area contributed by atoms with Crippen LogP contribution in [0.15, 0.2) is 0 Å². The molecule has 14 heavy (non-hydrogen) atoms. The molecule has 0 bridgehead atoms. The van der Waals surface area contributed by atoms with Crippen molar-refractivity contribution in [2.24, 2.45) is 5.92 Å². The first-order valence-corrected chi connectivity index (χ1v) is 5.77. The number of hydrogen-bond donors (Lipinski definition) is 1. The summed E-state index contributed by atoms with van der Waals surface area (Å²) in [4.78, 5) is 2.44. The molecule has 1 heterocycles. The van der Waals surface area contributed by atoms with Gasteiger partial charge in [-0.25, -0.2) is 0 Å². The van der Waals surface area contributed by atoms with Gasteiger partial charge in [-0.05, 0) is 31.7 Å². The minimum absolute atomic E-state index is 0.0110. The van der Waals surface area contributed by atoms with E-state index in [0.717, 1.165) is 19.5 Å². The number of likely N-dealkylation sites (tertiary alicyclic amines) is 1. The van der Waals surface area contributed by atoms with E-state index in [0.29, 0.717) is 6.04 Å². The highest BCUT2D eigenvalue weighted by atomic mass is 16.3. The van der Waals surface area contributed by atoms with Crippen LogP contribution < -0.4 is 5.11 Å². The third-order valence-electron chi connectivity index (χ3n) is 3.68.